The van der Waals surface area contributed by atoms with E-state index in [1.807, 2.05) is 44.3 Å². The second-order valence-electron chi connectivity index (χ2n) is 7.33. The van der Waals surface area contributed by atoms with Gasteiger partial charge in [-0.05, 0) is 30.9 Å². The molecule has 1 aromatic heterocycles. The van der Waals surface area contributed by atoms with Crippen molar-refractivity contribution in [2.24, 2.45) is 11.1 Å². The summed E-state index contributed by atoms with van der Waals surface area (Å²) in [5, 5.41) is 27.7. The number of methoxy groups -OCH3 is 1. The van der Waals surface area contributed by atoms with Gasteiger partial charge in [-0.25, -0.2) is 0 Å². The van der Waals surface area contributed by atoms with Gasteiger partial charge in [0.15, 0.2) is 6.61 Å². The highest BCUT2D eigenvalue weighted by atomic mass is 16.6. The van der Waals surface area contributed by atoms with Crippen LogP contribution in [0.15, 0.2) is 35.6 Å². The van der Waals surface area contributed by atoms with Crippen molar-refractivity contribution in [2.75, 3.05) is 20.3 Å². The third-order valence-corrected chi connectivity index (χ3v) is 4.67. The number of fused-ring (bicyclic) bond motifs is 1. The Balaban J connectivity index is 1.87. The number of benzene rings is 1. The summed E-state index contributed by atoms with van der Waals surface area (Å²) in [4.78, 5) is 20.4. The molecular formula is C21H31N3O5. The maximum Gasteiger partial charge on any atom is 0.260 e. The molecule has 2 rings (SSSR count). The Kier molecular flexibility index (Phi) is 8.63. The topological polar surface area (TPSA) is 116 Å². The van der Waals surface area contributed by atoms with E-state index in [1.165, 1.54) is 14.0 Å². The molecule has 8 heteroatoms. The van der Waals surface area contributed by atoms with E-state index in [4.69, 9.17) is 9.57 Å². The van der Waals surface area contributed by atoms with Gasteiger partial charge in [0.1, 0.15) is 17.9 Å². The molecule has 4 N–H and O–H groups in total. The minimum Gasteiger partial charge on any atom is -0.390 e. The molecule has 0 bridgehead atoms. The highest BCUT2D eigenvalue weighted by molar-refractivity contribution is 5.93. The molecule has 2 aromatic rings. The number of oxime groups is 1. The van der Waals surface area contributed by atoms with E-state index in [-0.39, 0.29) is 24.1 Å². The van der Waals surface area contributed by atoms with Crippen molar-refractivity contribution in [1.29, 1.82) is 0 Å². The highest BCUT2D eigenvalue weighted by Crippen LogP contribution is 2.17. The third kappa shape index (κ3) is 6.28. The number of aliphatic hydroxyl groups is 2. The lowest BCUT2D eigenvalue weighted by atomic mass is 9.96. The number of nitrogens with zero attached hydrogens (tertiary/aromatic N) is 1. The maximum atomic E-state index is 12.0. The van der Waals surface area contributed by atoms with E-state index < -0.39 is 18.3 Å². The van der Waals surface area contributed by atoms with Gasteiger partial charge in [0.05, 0.1) is 6.10 Å². The zero-order valence-electron chi connectivity index (χ0n) is 17.4. The fourth-order valence-electron chi connectivity index (χ4n) is 3.15. The van der Waals surface area contributed by atoms with Gasteiger partial charge in [-0.1, -0.05) is 37.2 Å². The lowest BCUT2D eigenvalue weighted by Gasteiger charge is -2.25. The molecule has 0 aliphatic rings. The maximum absolute atomic E-state index is 12.0. The molecule has 0 aliphatic carbocycles. The zero-order valence-corrected chi connectivity index (χ0v) is 17.4. The molecular weight excluding hydrogens is 374 g/mol. The average Bonchev–Trinajstić information content (AvgIpc) is 3.09. The Bertz CT molecular complexity index is 816. The predicted molar refractivity (Wildman–Crippen MR) is 112 cm³/mol. The molecule has 0 saturated heterocycles. The molecule has 1 aromatic carbocycles. The van der Waals surface area contributed by atoms with Crippen LogP contribution in [0.1, 0.15) is 26.3 Å². The van der Waals surface area contributed by atoms with Gasteiger partial charge in [-0.3, -0.25) is 4.79 Å². The molecule has 0 spiro atoms. The fraction of sp³-hybridized carbons (Fsp3) is 0.524. The summed E-state index contributed by atoms with van der Waals surface area (Å²) in [6, 6.07) is 8.00. The fourth-order valence-corrected chi connectivity index (χ4v) is 3.15. The molecule has 0 fully saturated rings. The first-order valence-electron chi connectivity index (χ1n) is 9.75. The van der Waals surface area contributed by atoms with Gasteiger partial charge < -0.3 is 30.1 Å². The molecule has 0 radical (unpaired) electrons. The van der Waals surface area contributed by atoms with E-state index in [0.717, 1.165) is 16.5 Å². The first kappa shape index (κ1) is 22.9. The minimum absolute atomic E-state index is 0.000694. The van der Waals surface area contributed by atoms with Gasteiger partial charge >= 0.3 is 0 Å². The SMILES string of the molecule is CO[C@H](/C(=N/OCC(=O)NCCc1c[nH]c2ccccc12)[C@@H](O)[C@@H](C)O)C(C)C. The van der Waals surface area contributed by atoms with Crippen molar-refractivity contribution in [3.63, 3.8) is 0 Å². The lowest BCUT2D eigenvalue weighted by Crippen LogP contribution is -2.43. The summed E-state index contributed by atoms with van der Waals surface area (Å²) in [7, 11) is 1.49. The van der Waals surface area contributed by atoms with Crippen molar-refractivity contribution in [3.05, 3.63) is 36.0 Å². The van der Waals surface area contributed by atoms with Crippen LogP contribution in [-0.4, -0.2) is 65.4 Å². The van der Waals surface area contributed by atoms with Crippen LogP contribution in [0.2, 0.25) is 0 Å². The number of aromatic nitrogens is 1. The lowest BCUT2D eigenvalue weighted by molar-refractivity contribution is -0.125. The Hall–Kier alpha value is -2.42. The number of nitrogens with one attached hydrogen (secondary N) is 2. The number of H-pyrrole nitrogens is 1. The summed E-state index contributed by atoms with van der Waals surface area (Å²) in [5.74, 6) is -0.321. The summed E-state index contributed by atoms with van der Waals surface area (Å²) in [6.45, 7) is 5.42. The number of carbonyl (C=O) groups excluding carboxylic acids is 1. The predicted octanol–water partition coefficient (Wildman–Crippen LogP) is 1.61. The first-order chi connectivity index (χ1) is 13.8. The zero-order chi connectivity index (χ0) is 21.4. The smallest absolute Gasteiger partial charge is 0.260 e. The molecule has 0 aliphatic heterocycles. The van der Waals surface area contributed by atoms with E-state index in [9.17, 15) is 15.0 Å². The first-order valence-corrected chi connectivity index (χ1v) is 9.75. The number of ether oxygens (including phenoxy) is 1. The molecule has 0 saturated carbocycles. The largest absolute Gasteiger partial charge is 0.390 e. The summed E-state index contributed by atoms with van der Waals surface area (Å²) in [6.07, 6.45) is -0.196. The van der Waals surface area contributed by atoms with Gasteiger partial charge in [0.2, 0.25) is 0 Å². The molecule has 1 heterocycles. The monoisotopic (exact) mass is 405 g/mol. The van der Waals surface area contributed by atoms with Crippen molar-refractivity contribution in [2.45, 2.75) is 45.5 Å². The number of aliphatic hydroxyl groups excluding tert-OH is 2. The molecule has 1 amide bonds. The summed E-state index contributed by atoms with van der Waals surface area (Å²) in [5.41, 5.74) is 2.35. The number of aromatic amines is 1. The Morgan fingerprint density at radius 2 is 1.97 bits per heavy atom. The van der Waals surface area contributed by atoms with Crippen LogP contribution >= 0.6 is 0 Å². The van der Waals surface area contributed by atoms with E-state index in [1.54, 1.807) is 0 Å². The van der Waals surface area contributed by atoms with Crippen LogP contribution in [0.3, 0.4) is 0 Å². The summed E-state index contributed by atoms with van der Waals surface area (Å²) >= 11 is 0. The Morgan fingerprint density at radius 1 is 1.24 bits per heavy atom. The Morgan fingerprint density at radius 3 is 2.62 bits per heavy atom. The number of carbonyl (C=O) groups is 1. The van der Waals surface area contributed by atoms with Crippen molar-refractivity contribution >= 4 is 22.5 Å². The third-order valence-electron chi connectivity index (χ3n) is 4.67. The van der Waals surface area contributed by atoms with Crippen LogP contribution in [0.4, 0.5) is 0 Å². The van der Waals surface area contributed by atoms with Gasteiger partial charge in [-0.15, -0.1) is 0 Å². The quantitative estimate of drug-likeness (QED) is 0.335. The molecule has 3 atom stereocenters. The van der Waals surface area contributed by atoms with Crippen LogP contribution < -0.4 is 5.32 Å². The number of para-hydroxylation sites is 1. The van der Waals surface area contributed by atoms with Crippen LogP contribution in [-0.2, 0) is 20.8 Å². The highest BCUT2D eigenvalue weighted by Gasteiger charge is 2.29. The van der Waals surface area contributed by atoms with Crippen LogP contribution in [0.25, 0.3) is 10.9 Å². The number of rotatable bonds is 11. The standard InChI is InChI=1S/C21H31N3O5/c1-13(2)21(28-4)19(20(27)14(3)25)24-29-12-18(26)22-10-9-15-11-23-17-8-6-5-7-16(15)17/h5-8,11,13-14,20-21,23,25,27H,9-10,12H2,1-4H3,(H,22,26)/b24-19+/t14-,20+,21+/m1/s1. The van der Waals surface area contributed by atoms with E-state index >= 15 is 0 Å². The second kappa shape index (κ2) is 10.9. The van der Waals surface area contributed by atoms with Gasteiger partial charge in [0.25, 0.3) is 5.91 Å². The number of hydrogen-bond donors (Lipinski definition) is 4. The van der Waals surface area contributed by atoms with Gasteiger partial charge in [0, 0.05) is 30.8 Å². The normalized spacial score (nSPS) is 15.3. The van der Waals surface area contributed by atoms with Crippen LogP contribution in [0, 0.1) is 5.92 Å². The van der Waals surface area contributed by atoms with Crippen molar-refractivity contribution in [3.8, 4) is 0 Å². The minimum atomic E-state index is -1.24. The van der Waals surface area contributed by atoms with Crippen molar-refractivity contribution < 1.29 is 24.6 Å². The van der Waals surface area contributed by atoms with Gasteiger partial charge in [-0.2, -0.15) is 0 Å². The van der Waals surface area contributed by atoms with Crippen molar-refractivity contribution in [1.82, 2.24) is 10.3 Å². The van der Waals surface area contributed by atoms with E-state index in [2.05, 4.69) is 15.5 Å². The molecule has 29 heavy (non-hydrogen) atoms. The summed E-state index contributed by atoms with van der Waals surface area (Å²) < 4.78 is 5.36. The number of hydrogen-bond acceptors (Lipinski definition) is 6. The number of amides is 1. The molecule has 0 unspecified atom stereocenters. The average molecular weight is 405 g/mol. The van der Waals surface area contributed by atoms with Crippen LogP contribution in [0.5, 0.6) is 0 Å². The second-order valence-corrected chi connectivity index (χ2v) is 7.33. The molecule has 8 nitrogen and oxygen atoms in total. The Labute approximate surface area is 170 Å². The molecule has 160 valence electrons. The van der Waals surface area contributed by atoms with E-state index in [0.29, 0.717) is 13.0 Å².